The highest BCUT2D eigenvalue weighted by Gasteiger charge is 2.51. The number of ether oxygens (including phenoxy) is 1. The molecule has 2 aliphatic rings. The Morgan fingerprint density at radius 3 is 2.09 bits per heavy atom. The van der Waals surface area contributed by atoms with Crippen LogP contribution in [0.15, 0.2) is 48.5 Å². The van der Waals surface area contributed by atoms with Crippen LogP contribution in [-0.2, 0) is 14.3 Å². The number of rotatable bonds is 6. The van der Waals surface area contributed by atoms with Gasteiger partial charge < -0.3 is 20.1 Å². The standard InChI is InChI=1S/C24H23F3N2O5/c1-13(22(31)32)14-10-29(11-14)21(30)20(24(25,26)27)28-23(33)34-12-19-17-8-4-2-6-15(17)16-7-3-5-9-18(16)19/h2-9,13-14,19-20H,10-12H2,1H3,(H,28,33)(H,31,32). The van der Waals surface area contributed by atoms with Gasteiger partial charge in [0.2, 0.25) is 6.04 Å². The fraction of sp³-hybridized carbons (Fsp3) is 0.375. The van der Waals surface area contributed by atoms with Crippen molar-refractivity contribution in [3.8, 4) is 11.1 Å². The summed E-state index contributed by atoms with van der Waals surface area (Å²) in [6.07, 6.45) is -6.39. The summed E-state index contributed by atoms with van der Waals surface area (Å²) in [6, 6.07) is 12.3. The molecule has 0 aromatic heterocycles. The van der Waals surface area contributed by atoms with E-state index in [1.807, 2.05) is 48.5 Å². The monoisotopic (exact) mass is 476 g/mol. The van der Waals surface area contributed by atoms with Gasteiger partial charge in [-0.3, -0.25) is 9.59 Å². The molecule has 1 saturated heterocycles. The number of nitrogens with zero attached hydrogens (tertiary/aromatic N) is 1. The molecule has 2 atom stereocenters. The first kappa shape index (κ1) is 23.6. The molecule has 7 nitrogen and oxygen atoms in total. The minimum Gasteiger partial charge on any atom is -0.481 e. The van der Waals surface area contributed by atoms with Gasteiger partial charge in [-0.25, -0.2) is 4.79 Å². The van der Waals surface area contributed by atoms with Crippen LogP contribution in [0.1, 0.15) is 24.0 Å². The smallest absolute Gasteiger partial charge is 0.417 e. The third-order valence-corrected chi connectivity index (χ3v) is 6.50. The Hall–Kier alpha value is -3.56. The predicted molar refractivity (Wildman–Crippen MR) is 115 cm³/mol. The quantitative estimate of drug-likeness (QED) is 0.664. The minimum atomic E-state index is -5.04. The minimum absolute atomic E-state index is 0.120. The number of alkyl carbamates (subject to hydrolysis) is 1. The first-order chi connectivity index (χ1) is 16.1. The van der Waals surface area contributed by atoms with Gasteiger partial charge in [-0.05, 0) is 22.3 Å². The normalized spacial score (nSPS) is 17.2. The van der Waals surface area contributed by atoms with E-state index in [1.54, 1.807) is 5.32 Å². The highest BCUT2D eigenvalue weighted by atomic mass is 19.4. The summed E-state index contributed by atoms with van der Waals surface area (Å²) in [5.41, 5.74) is 3.75. The lowest BCUT2D eigenvalue weighted by Crippen LogP contribution is -2.62. The van der Waals surface area contributed by atoms with E-state index in [-0.39, 0.29) is 25.6 Å². The van der Waals surface area contributed by atoms with Crippen LogP contribution in [-0.4, -0.2) is 59.9 Å². The Bertz CT molecular complexity index is 1070. The number of likely N-dealkylation sites (tertiary alicyclic amines) is 1. The van der Waals surface area contributed by atoms with E-state index in [4.69, 9.17) is 9.84 Å². The number of fused-ring (bicyclic) bond motifs is 3. The van der Waals surface area contributed by atoms with Crippen LogP contribution < -0.4 is 5.32 Å². The maximum Gasteiger partial charge on any atom is 0.417 e. The number of amides is 2. The van der Waals surface area contributed by atoms with E-state index < -0.39 is 42.0 Å². The molecule has 0 spiro atoms. The highest BCUT2D eigenvalue weighted by Crippen LogP contribution is 2.44. The van der Waals surface area contributed by atoms with Crippen LogP contribution in [0.3, 0.4) is 0 Å². The maximum atomic E-state index is 13.6. The summed E-state index contributed by atoms with van der Waals surface area (Å²) in [6.45, 7) is 1.00. The average Bonchev–Trinajstić information content (AvgIpc) is 3.07. The van der Waals surface area contributed by atoms with Crippen LogP contribution >= 0.6 is 0 Å². The molecule has 2 amide bonds. The van der Waals surface area contributed by atoms with Gasteiger partial charge in [0.1, 0.15) is 6.61 Å². The molecule has 10 heteroatoms. The van der Waals surface area contributed by atoms with Crippen LogP contribution in [0.5, 0.6) is 0 Å². The molecule has 1 aliphatic carbocycles. The third-order valence-electron chi connectivity index (χ3n) is 6.50. The Kier molecular flexibility index (Phi) is 6.24. The van der Waals surface area contributed by atoms with Gasteiger partial charge in [-0.2, -0.15) is 13.2 Å². The van der Waals surface area contributed by atoms with Crippen LogP contribution in [0.4, 0.5) is 18.0 Å². The average molecular weight is 476 g/mol. The van der Waals surface area contributed by atoms with E-state index in [0.717, 1.165) is 27.2 Å². The molecule has 34 heavy (non-hydrogen) atoms. The Balaban J connectivity index is 1.40. The number of carbonyl (C=O) groups is 3. The van der Waals surface area contributed by atoms with Crippen LogP contribution in [0.25, 0.3) is 11.1 Å². The molecule has 1 heterocycles. The fourth-order valence-corrected chi connectivity index (χ4v) is 4.43. The van der Waals surface area contributed by atoms with Gasteiger partial charge in [0.05, 0.1) is 5.92 Å². The van der Waals surface area contributed by atoms with Gasteiger partial charge >= 0.3 is 18.2 Å². The lowest BCUT2D eigenvalue weighted by Gasteiger charge is -2.42. The first-order valence-corrected chi connectivity index (χ1v) is 10.8. The summed E-state index contributed by atoms with van der Waals surface area (Å²) < 4.78 is 45.8. The van der Waals surface area contributed by atoms with Crippen molar-refractivity contribution >= 4 is 18.0 Å². The maximum absolute atomic E-state index is 13.6. The molecular formula is C24H23F3N2O5. The summed E-state index contributed by atoms with van der Waals surface area (Å²) >= 11 is 0. The highest BCUT2D eigenvalue weighted by molar-refractivity contribution is 5.87. The first-order valence-electron chi connectivity index (χ1n) is 10.8. The molecule has 1 fully saturated rings. The van der Waals surface area contributed by atoms with Gasteiger partial charge in [-0.1, -0.05) is 55.5 Å². The number of carboxylic acids is 1. The molecule has 0 radical (unpaired) electrons. The molecule has 2 unspecified atom stereocenters. The Morgan fingerprint density at radius 1 is 1.06 bits per heavy atom. The number of benzene rings is 2. The number of hydrogen-bond acceptors (Lipinski definition) is 4. The molecule has 2 aromatic rings. The zero-order valence-corrected chi connectivity index (χ0v) is 18.2. The van der Waals surface area contributed by atoms with Crippen molar-refractivity contribution in [3.63, 3.8) is 0 Å². The van der Waals surface area contributed by atoms with Crippen molar-refractivity contribution in [1.82, 2.24) is 10.2 Å². The van der Waals surface area contributed by atoms with Crippen molar-refractivity contribution in [1.29, 1.82) is 0 Å². The molecular weight excluding hydrogens is 453 g/mol. The van der Waals surface area contributed by atoms with Crippen LogP contribution in [0.2, 0.25) is 0 Å². The Labute approximate surface area is 193 Å². The summed E-state index contributed by atoms with van der Waals surface area (Å²) in [5.74, 6) is -3.99. The van der Waals surface area contributed by atoms with Crippen molar-refractivity contribution in [3.05, 3.63) is 59.7 Å². The second-order valence-electron chi connectivity index (χ2n) is 8.57. The van der Waals surface area contributed by atoms with E-state index in [9.17, 15) is 27.6 Å². The zero-order valence-electron chi connectivity index (χ0n) is 18.2. The number of carbonyl (C=O) groups excluding carboxylic acids is 2. The van der Waals surface area contributed by atoms with E-state index in [0.29, 0.717) is 0 Å². The third kappa shape index (κ3) is 4.44. The number of nitrogens with one attached hydrogen (secondary N) is 1. The SMILES string of the molecule is CC(C(=O)O)C1CN(C(=O)C(NC(=O)OCC2c3ccccc3-c3ccccc32)C(F)(F)F)C1. The van der Waals surface area contributed by atoms with Gasteiger partial charge in [0, 0.05) is 24.9 Å². The predicted octanol–water partition coefficient (Wildman–Crippen LogP) is 3.64. The number of hydrogen-bond donors (Lipinski definition) is 2. The second kappa shape index (κ2) is 9.00. The number of aliphatic carboxylic acids is 1. The number of halogens is 3. The van der Waals surface area contributed by atoms with Crippen molar-refractivity contribution in [2.45, 2.75) is 25.1 Å². The van der Waals surface area contributed by atoms with E-state index in [1.165, 1.54) is 6.92 Å². The topological polar surface area (TPSA) is 95.9 Å². The van der Waals surface area contributed by atoms with Gasteiger partial charge in [0.25, 0.3) is 5.91 Å². The van der Waals surface area contributed by atoms with Gasteiger partial charge in [-0.15, -0.1) is 0 Å². The number of alkyl halides is 3. The molecule has 4 rings (SSSR count). The molecule has 0 bridgehead atoms. The molecule has 1 aliphatic heterocycles. The molecule has 0 saturated carbocycles. The molecule has 180 valence electrons. The Morgan fingerprint density at radius 2 is 1.59 bits per heavy atom. The largest absolute Gasteiger partial charge is 0.481 e. The van der Waals surface area contributed by atoms with Crippen molar-refractivity contribution < 1.29 is 37.4 Å². The molecule has 2 aromatic carbocycles. The lowest BCUT2D eigenvalue weighted by molar-refractivity contribution is -0.180. The lowest BCUT2D eigenvalue weighted by atomic mass is 9.86. The van der Waals surface area contributed by atoms with Crippen molar-refractivity contribution in [2.24, 2.45) is 11.8 Å². The summed E-state index contributed by atoms with van der Waals surface area (Å²) in [5, 5.41) is 10.7. The molecule has 2 N–H and O–H groups in total. The summed E-state index contributed by atoms with van der Waals surface area (Å²) in [4.78, 5) is 36.6. The summed E-state index contributed by atoms with van der Waals surface area (Å²) in [7, 11) is 0. The van der Waals surface area contributed by atoms with E-state index >= 15 is 0 Å². The van der Waals surface area contributed by atoms with Crippen LogP contribution in [0, 0.1) is 11.8 Å². The number of carboxylic acid groups (broad SMARTS) is 1. The van der Waals surface area contributed by atoms with E-state index in [2.05, 4.69) is 0 Å². The van der Waals surface area contributed by atoms with Gasteiger partial charge in [0.15, 0.2) is 0 Å². The zero-order chi connectivity index (χ0) is 24.6. The fourth-order valence-electron chi connectivity index (χ4n) is 4.43. The van der Waals surface area contributed by atoms with Crippen molar-refractivity contribution in [2.75, 3.05) is 19.7 Å². The second-order valence-corrected chi connectivity index (χ2v) is 8.57.